The Kier molecular flexibility index (Phi) is 11.9. The predicted molar refractivity (Wildman–Crippen MR) is 204 cm³/mol. The van der Waals surface area contributed by atoms with Crippen molar-refractivity contribution in [1.82, 2.24) is 39.2 Å². The van der Waals surface area contributed by atoms with Crippen LogP contribution in [0.3, 0.4) is 0 Å². The van der Waals surface area contributed by atoms with Crippen molar-refractivity contribution in [2.24, 2.45) is 0 Å². The number of hydrogen-bond donors (Lipinski definition) is 1. The Labute approximate surface area is 316 Å². The van der Waals surface area contributed by atoms with Crippen LogP contribution >= 0.6 is 0 Å². The molecule has 5 aromatic rings. The molecule has 55 heavy (non-hydrogen) atoms. The van der Waals surface area contributed by atoms with Crippen LogP contribution in [0.1, 0.15) is 29.7 Å². The Morgan fingerprint density at radius 2 is 1.33 bits per heavy atom. The summed E-state index contributed by atoms with van der Waals surface area (Å²) >= 11 is 0. The first-order valence-corrected chi connectivity index (χ1v) is 18.8. The molecule has 0 bridgehead atoms. The van der Waals surface area contributed by atoms with Crippen LogP contribution in [0.2, 0.25) is 0 Å². The Hall–Kier alpha value is -5.12. The number of carbonyl (C=O) groups excluding carboxylic acids is 1. The van der Waals surface area contributed by atoms with E-state index in [1.165, 1.54) is 12.4 Å². The topological polar surface area (TPSA) is 137 Å². The molecule has 290 valence electrons. The second-order valence-corrected chi connectivity index (χ2v) is 14.4. The summed E-state index contributed by atoms with van der Waals surface area (Å²) < 4.78 is 42.9. The number of hydrogen-bond acceptors (Lipinski definition) is 11. The fraction of sp³-hybridized carbons (Fsp3) is 0.450. The summed E-state index contributed by atoms with van der Waals surface area (Å²) in [7, 11) is 0. The zero-order chi connectivity index (χ0) is 38.5. The molecule has 2 fully saturated rings. The molecule has 3 atom stereocenters. The summed E-state index contributed by atoms with van der Waals surface area (Å²) in [5.41, 5.74) is 5.80. The number of Topliss-reactive ketones (excluding diaryl/α,β-unsaturated/α-hetero) is 1. The SMILES string of the molecule is Cc1ccc2ncc(=O)n(CCN3CCC(=O)C(F)C3)c2c1.Cc1ccc2ncc(=O)n(CCN3CCC(NCc4cc5c(cn4)OCCO5)C(F)C3)c2c1. The van der Waals surface area contributed by atoms with E-state index >= 15 is 0 Å². The molecule has 0 aliphatic carbocycles. The van der Waals surface area contributed by atoms with E-state index < -0.39 is 12.3 Å². The molecule has 0 saturated carbocycles. The summed E-state index contributed by atoms with van der Waals surface area (Å²) in [6, 6.07) is 13.3. The van der Waals surface area contributed by atoms with Crippen LogP contribution in [0, 0.1) is 13.8 Å². The smallest absolute Gasteiger partial charge is 0.269 e. The largest absolute Gasteiger partial charge is 0.486 e. The number of ether oxygens (including phenoxy) is 2. The van der Waals surface area contributed by atoms with E-state index in [2.05, 4.69) is 25.2 Å². The highest BCUT2D eigenvalue weighted by Crippen LogP contribution is 2.29. The summed E-state index contributed by atoms with van der Waals surface area (Å²) in [5.74, 6) is 1.02. The van der Waals surface area contributed by atoms with Crippen molar-refractivity contribution in [3.05, 3.63) is 98.6 Å². The maximum Gasteiger partial charge on any atom is 0.269 e. The standard InChI is InChI=1S/C24H28FN5O3.C16H18FN3O2/c1-16-2-3-20-21(10-16)30(24(31)14-28-20)7-6-29-5-4-19(18(25)15-29)27-12-17-11-22-23(13-26-17)33-9-8-32-22;1-11-2-3-13-14(8-11)20(16(22)9-18-13)7-6-19-5-4-15(21)12(17)10-19/h2-3,10-11,13-14,18-19,27H,4-9,12,15H2,1H3;2-3,8-9,12H,4-7,10H2,1H3. The molecule has 3 unspecified atom stereocenters. The van der Waals surface area contributed by atoms with Crippen LogP contribution in [0.15, 0.2) is 70.6 Å². The lowest BCUT2D eigenvalue weighted by Gasteiger charge is -2.35. The first-order chi connectivity index (χ1) is 26.6. The second kappa shape index (κ2) is 17.1. The summed E-state index contributed by atoms with van der Waals surface area (Å²) in [5, 5.41) is 3.30. The number of fused-ring (bicyclic) bond motifs is 3. The maximum absolute atomic E-state index is 14.9. The number of ketones is 1. The van der Waals surface area contributed by atoms with Crippen LogP contribution < -0.4 is 25.9 Å². The molecular weight excluding hydrogens is 710 g/mol. The number of nitrogens with one attached hydrogen (secondary N) is 1. The van der Waals surface area contributed by atoms with Gasteiger partial charge in [0.25, 0.3) is 11.1 Å². The quantitative estimate of drug-likeness (QED) is 0.237. The Balaban J connectivity index is 0.000000184. The number of benzene rings is 2. The number of aromatic nitrogens is 5. The Morgan fingerprint density at radius 1 is 0.727 bits per heavy atom. The Morgan fingerprint density at radius 3 is 1.93 bits per heavy atom. The number of piperidine rings is 2. The van der Waals surface area contributed by atoms with Crippen molar-refractivity contribution >= 4 is 27.9 Å². The average molecular weight is 757 g/mol. The van der Waals surface area contributed by atoms with E-state index in [9.17, 15) is 23.2 Å². The number of nitrogens with zero attached hydrogens (tertiary/aromatic N) is 7. The molecule has 13 nitrogen and oxygen atoms in total. The van der Waals surface area contributed by atoms with Gasteiger partial charge in [-0.3, -0.25) is 29.2 Å². The van der Waals surface area contributed by atoms with Gasteiger partial charge in [-0.1, -0.05) is 12.1 Å². The van der Waals surface area contributed by atoms with Gasteiger partial charge in [-0.05, 0) is 62.2 Å². The average Bonchev–Trinajstić information content (AvgIpc) is 3.18. The van der Waals surface area contributed by atoms with Gasteiger partial charge >= 0.3 is 0 Å². The van der Waals surface area contributed by atoms with Gasteiger partial charge in [-0.15, -0.1) is 0 Å². The molecule has 3 aliphatic rings. The molecule has 6 heterocycles. The fourth-order valence-electron chi connectivity index (χ4n) is 7.26. The van der Waals surface area contributed by atoms with Crippen molar-refractivity contribution in [3.63, 3.8) is 0 Å². The summed E-state index contributed by atoms with van der Waals surface area (Å²) in [6.07, 6.45) is 2.87. The molecule has 2 saturated heterocycles. The van der Waals surface area contributed by atoms with Gasteiger partial charge in [0.1, 0.15) is 19.4 Å². The number of carbonyl (C=O) groups is 1. The number of pyridine rings is 1. The van der Waals surface area contributed by atoms with E-state index in [1.807, 2.05) is 61.2 Å². The van der Waals surface area contributed by atoms with Crippen LogP contribution in [-0.2, 0) is 24.4 Å². The van der Waals surface area contributed by atoms with Gasteiger partial charge < -0.3 is 23.9 Å². The minimum atomic E-state index is -1.40. The van der Waals surface area contributed by atoms with Crippen molar-refractivity contribution < 1.29 is 23.0 Å². The van der Waals surface area contributed by atoms with Crippen LogP contribution in [-0.4, -0.2) is 111 Å². The van der Waals surface area contributed by atoms with Crippen molar-refractivity contribution in [2.75, 3.05) is 52.5 Å². The first-order valence-electron chi connectivity index (χ1n) is 18.8. The second-order valence-electron chi connectivity index (χ2n) is 14.4. The van der Waals surface area contributed by atoms with Gasteiger partial charge in [0.15, 0.2) is 23.5 Å². The minimum Gasteiger partial charge on any atom is -0.486 e. The van der Waals surface area contributed by atoms with Gasteiger partial charge in [0.05, 0.1) is 46.4 Å². The monoisotopic (exact) mass is 756 g/mol. The van der Waals surface area contributed by atoms with Gasteiger partial charge in [0.2, 0.25) is 0 Å². The highest BCUT2D eigenvalue weighted by molar-refractivity contribution is 5.84. The van der Waals surface area contributed by atoms with Gasteiger partial charge in [-0.2, -0.15) is 0 Å². The number of halogens is 2. The molecule has 15 heteroatoms. The predicted octanol–water partition coefficient (Wildman–Crippen LogP) is 3.39. The molecular formula is C40H46F2N8O5. The zero-order valence-electron chi connectivity index (χ0n) is 31.1. The maximum atomic E-state index is 14.9. The van der Waals surface area contributed by atoms with Gasteiger partial charge in [0, 0.05) is 70.9 Å². The lowest BCUT2D eigenvalue weighted by Crippen LogP contribution is -2.51. The number of likely N-dealkylation sites (tertiary alicyclic amines) is 2. The molecule has 0 spiro atoms. The molecule has 8 rings (SSSR count). The number of rotatable bonds is 9. The number of alkyl halides is 2. The van der Waals surface area contributed by atoms with Crippen molar-refractivity contribution in [3.8, 4) is 11.5 Å². The van der Waals surface area contributed by atoms with Crippen molar-refractivity contribution in [1.29, 1.82) is 0 Å². The highest BCUT2D eigenvalue weighted by atomic mass is 19.1. The third kappa shape index (κ3) is 9.23. The summed E-state index contributed by atoms with van der Waals surface area (Å²) in [6.45, 7) is 9.38. The van der Waals surface area contributed by atoms with E-state index in [1.54, 1.807) is 15.3 Å². The first kappa shape index (κ1) is 38.2. The van der Waals surface area contributed by atoms with Crippen molar-refractivity contribution in [2.45, 2.75) is 64.7 Å². The molecule has 2 aromatic carbocycles. The lowest BCUT2D eigenvalue weighted by molar-refractivity contribution is -0.127. The molecule has 1 N–H and O–H groups in total. The van der Waals surface area contributed by atoms with Crippen LogP contribution in [0.4, 0.5) is 8.78 Å². The molecule has 0 radical (unpaired) electrons. The van der Waals surface area contributed by atoms with E-state index in [0.717, 1.165) is 45.4 Å². The highest BCUT2D eigenvalue weighted by Gasteiger charge is 2.29. The normalized spacial score (nSPS) is 20.4. The van der Waals surface area contributed by atoms with Gasteiger partial charge in [-0.25, -0.2) is 18.7 Å². The number of aryl methyl sites for hydroxylation is 2. The van der Waals surface area contributed by atoms with Crippen LogP contribution in [0.25, 0.3) is 22.1 Å². The molecule has 3 aromatic heterocycles. The molecule has 0 amide bonds. The molecule has 3 aliphatic heterocycles. The minimum absolute atomic E-state index is 0.121. The fourth-order valence-corrected chi connectivity index (χ4v) is 7.26. The van der Waals surface area contributed by atoms with E-state index in [0.29, 0.717) is 76.9 Å². The van der Waals surface area contributed by atoms with Crippen LogP contribution in [0.5, 0.6) is 11.5 Å². The third-order valence-corrected chi connectivity index (χ3v) is 10.4. The lowest BCUT2D eigenvalue weighted by atomic mass is 10.0. The third-order valence-electron chi connectivity index (χ3n) is 10.4. The van der Waals surface area contributed by atoms with E-state index in [4.69, 9.17) is 9.47 Å². The zero-order valence-corrected chi connectivity index (χ0v) is 31.1. The summed E-state index contributed by atoms with van der Waals surface area (Å²) in [4.78, 5) is 52.5. The Bertz CT molecular complexity index is 2280. The van der Waals surface area contributed by atoms with E-state index in [-0.39, 0.29) is 35.9 Å².